The lowest BCUT2D eigenvalue weighted by atomic mass is 9.78. The van der Waals surface area contributed by atoms with E-state index in [2.05, 4.69) is 18.7 Å². The molecule has 1 aromatic rings. The molecule has 1 aliphatic heterocycles. The van der Waals surface area contributed by atoms with Gasteiger partial charge >= 0.3 is 5.97 Å². The molecule has 0 unspecified atom stereocenters. The van der Waals surface area contributed by atoms with Crippen molar-refractivity contribution in [1.29, 1.82) is 0 Å². The maximum Gasteiger partial charge on any atom is 0.316 e. The molecule has 2 aliphatic rings. The van der Waals surface area contributed by atoms with Gasteiger partial charge in [0.15, 0.2) is 11.5 Å². The van der Waals surface area contributed by atoms with Crippen molar-refractivity contribution in [1.82, 2.24) is 4.90 Å². The molecule has 0 bridgehead atoms. The lowest BCUT2D eigenvalue weighted by molar-refractivity contribution is -0.151. The van der Waals surface area contributed by atoms with Crippen molar-refractivity contribution in [3.05, 3.63) is 23.8 Å². The van der Waals surface area contributed by atoms with Crippen molar-refractivity contribution < 1.29 is 19.0 Å². The van der Waals surface area contributed by atoms with E-state index in [-0.39, 0.29) is 18.4 Å². The van der Waals surface area contributed by atoms with Gasteiger partial charge in [-0.15, -0.1) is 12.4 Å². The first-order valence-electron chi connectivity index (χ1n) is 9.49. The van der Waals surface area contributed by atoms with E-state index >= 15 is 0 Å². The molecule has 146 valence electrons. The summed E-state index contributed by atoms with van der Waals surface area (Å²) in [5, 5.41) is 0. The average Bonchev–Trinajstić information content (AvgIpc) is 3.16. The standard InChI is InChI=1S/C20H29NO4.ClH/c1-3-21(4-2)11-12-25-19(22)20(9-5-6-10-20)16-7-8-17-18(15-16)24-14-13-23-17;/h7-8,15H,3-6,9-14H2,1-2H3;1H. The summed E-state index contributed by atoms with van der Waals surface area (Å²) in [5.41, 5.74) is 0.473. The van der Waals surface area contributed by atoms with Gasteiger partial charge in [0.1, 0.15) is 19.8 Å². The molecule has 5 nitrogen and oxygen atoms in total. The van der Waals surface area contributed by atoms with Gasteiger partial charge in [-0.2, -0.15) is 0 Å². The number of carbonyl (C=O) groups is 1. The van der Waals surface area contributed by atoms with E-state index in [0.717, 1.165) is 62.4 Å². The number of carbonyl (C=O) groups excluding carboxylic acids is 1. The van der Waals surface area contributed by atoms with Gasteiger partial charge in [-0.1, -0.05) is 32.8 Å². The van der Waals surface area contributed by atoms with Crippen LogP contribution in [0.5, 0.6) is 11.5 Å². The molecule has 1 aliphatic carbocycles. The molecule has 0 saturated heterocycles. The number of fused-ring (bicyclic) bond motifs is 1. The van der Waals surface area contributed by atoms with Crippen molar-refractivity contribution in [3.8, 4) is 11.5 Å². The van der Waals surface area contributed by atoms with Crippen LogP contribution in [0.15, 0.2) is 18.2 Å². The summed E-state index contributed by atoms with van der Waals surface area (Å²) < 4.78 is 17.0. The molecule has 0 atom stereocenters. The Hall–Kier alpha value is -1.46. The molecule has 3 rings (SSSR count). The van der Waals surface area contributed by atoms with Gasteiger partial charge in [-0.3, -0.25) is 4.79 Å². The van der Waals surface area contributed by atoms with Gasteiger partial charge in [-0.05, 0) is 43.6 Å². The Labute approximate surface area is 162 Å². The van der Waals surface area contributed by atoms with Crippen LogP contribution in [0.3, 0.4) is 0 Å². The molecule has 0 spiro atoms. The minimum Gasteiger partial charge on any atom is -0.486 e. The van der Waals surface area contributed by atoms with Crippen LogP contribution >= 0.6 is 12.4 Å². The molecule has 0 radical (unpaired) electrons. The number of nitrogens with zero attached hydrogens (tertiary/aromatic N) is 1. The largest absolute Gasteiger partial charge is 0.486 e. The molecule has 0 aromatic heterocycles. The predicted molar refractivity (Wildman–Crippen MR) is 104 cm³/mol. The highest BCUT2D eigenvalue weighted by atomic mass is 35.5. The Morgan fingerprint density at radius 2 is 1.77 bits per heavy atom. The Balaban J connectivity index is 0.00000243. The van der Waals surface area contributed by atoms with Crippen molar-refractivity contribution in [3.63, 3.8) is 0 Å². The van der Waals surface area contributed by atoms with Crippen LogP contribution in [-0.4, -0.2) is 50.3 Å². The number of hydrogen-bond acceptors (Lipinski definition) is 5. The first-order chi connectivity index (χ1) is 12.2. The lowest BCUT2D eigenvalue weighted by Gasteiger charge is -2.29. The number of halogens is 1. The third-order valence-electron chi connectivity index (χ3n) is 5.48. The SMILES string of the molecule is CCN(CC)CCOC(=O)C1(c2ccc3c(c2)OCCO3)CCCC1.Cl. The lowest BCUT2D eigenvalue weighted by Crippen LogP contribution is -2.37. The first-order valence-corrected chi connectivity index (χ1v) is 9.49. The third kappa shape index (κ3) is 4.26. The minimum absolute atomic E-state index is 0. The van der Waals surface area contributed by atoms with Gasteiger partial charge < -0.3 is 19.1 Å². The van der Waals surface area contributed by atoms with E-state index in [1.165, 1.54) is 0 Å². The summed E-state index contributed by atoms with van der Waals surface area (Å²) in [6.07, 6.45) is 3.80. The highest BCUT2D eigenvalue weighted by Crippen LogP contribution is 2.45. The summed E-state index contributed by atoms with van der Waals surface area (Å²) in [6.45, 7) is 8.56. The number of ether oxygens (including phenoxy) is 3. The number of rotatable bonds is 7. The second kappa shape index (κ2) is 9.47. The number of likely N-dealkylation sites (N-methyl/N-ethyl adjacent to an activating group) is 1. The zero-order chi connectivity index (χ0) is 17.7. The molecule has 0 N–H and O–H groups in total. The smallest absolute Gasteiger partial charge is 0.316 e. The van der Waals surface area contributed by atoms with E-state index in [4.69, 9.17) is 14.2 Å². The van der Waals surface area contributed by atoms with Gasteiger partial charge in [0.2, 0.25) is 0 Å². The van der Waals surface area contributed by atoms with E-state index < -0.39 is 5.41 Å². The van der Waals surface area contributed by atoms with E-state index in [0.29, 0.717) is 19.8 Å². The monoisotopic (exact) mass is 383 g/mol. The molecule has 26 heavy (non-hydrogen) atoms. The molecule has 1 fully saturated rings. The van der Waals surface area contributed by atoms with Crippen molar-refractivity contribution >= 4 is 18.4 Å². The fraction of sp³-hybridized carbons (Fsp3) is 0.650. The second-order valence-electron chi connectivity index (χ2n) is 6.81. The fourth-order valence-corrected chi connectivity index (χ4v) is 3.88. The molecule has 1 aromatic carbocycles. The molecular formula is C20H30ClNO4. The van der Waals surface area contributed by atoms with Crippen molar-refractivity contribution in [2.75, 3.05) is 39.5 Å². The van der Waals surface area contributed by atoms with E-state index in [1.807, 2.05) is 18.2 Å². The zero-order valence-corrected chi connectivity index (χ0v) is 16.6. The van der Waals surface area contributed by atoms with Crippen LogP contribution in [0.25, 0.3) is 0 Å². The Kier molecular flexibility index (Phi) is 7.59. The normalized spacial score (nSPS) is 17.7. The molecular weight excluding hydrogens is 354 g/mol. The summed E-state index contributed by atoms with van der Waals surface area (Å²) in [6, 6.07) is 5.91. The van der Waals surface area contributed by atoms with Crippen LogP contribution in [0.4, 0.5) is 0 Å². The highest BCUT2D eigenvalue weighted by molar-refractivity contribution is 5.85. The third-order valence-corrected chi connectivity index (χ3v) is 5.48. The quantitative estimate of drug-likeness (QED) is 0.673. The summed E-state index contributed by atoms with van der Waals surface area (Å²) in [7, 11) is 0. The Bertz CT molecular complexity index is 597. The Morgan fingerprint density at radius 1 is 1.12 bits per heavy atom. The fourth-order valence-electron chi connectivity index (χ4n) is 3.88. The predicted octanol–water partition coefficient (Wildman–Crippen LogP) is 3.58. The maximum atomic E-state index is 13.0. The van der Waals surface area contributed by atoms with Crippen LogP contribution in [0.2, 0.25) is 0 Å². The number of benzene rings is 1. The summed E-state index contributed by atoms with van der Waals surface area (Å²) in [4.78, 5) is 15.2. The van der Waals surface area contributed by atoms with Crippen LogP contribution in [0.1, 0.15) is 45.1 Å². The average molecular weight is 384 g/mol. The van der Waals surface area contributed by atoms with Gasteiger partial charge in [0.05, 0.1) is 5.41 Å². The highest BCUT2D eigenvalue weighted by Gasteiger charge is 2.44. The topological polar surface area (TPSA) is 48.0 Å². The number of hydrogen-bond donors (Lipinski definition) is 0. The van der Waals surface area contributed by atoms with Gasteiger partial charge in [-0.25, -0.2) is 0 Å². The summed E-state index contributed by atoms with van der Waals surface area (Å²) in [5.74, 6) is 1.41. The van der Waals surface area contributed by atoms with Crippen LogP contribution in [0, 0.1) is 0 Å². The van der Waals surface area contributed by atoms with Gasteiger partial charge in [0.25, 0.3) is 0 Å². The zero-order valence-electron chi connectivity index (χ0n) is 15.8. The van der Waals surface area contributed by atoms with E-state index in [9.17, 15) is 4.79 Å². The molecule has 1 saturated carbocycles. The van der Waals surface area contributed by atoms with Crippen molar-refractivity contribution in [2.45, 2.75) is 44.9 Å². The number of esters is 1. The second-order valence-corrected chi connectivity index (χ2v) is 6.81. The van der Waals surface area contributed by atoms with Crippen LogP contribution < -0.4 is 9.47 Å². The minimum atomic E-state index is -0.529. The van der Waals surface area contributed by atoms with Crippen LogP contribution in [-0.2, 0) is 14.9 Å². The Morgan fingerprint density at radius 3 is 2.42 bits per heavy atom. The van der Waals surface area contributed by atoms with Crippen molar-refractivity contribution in [2.24, 2.45) is 0 Å². The van der Waals surface area contributed by atoms with E-state index in [1.54, 1.807) is 0 Å². The summed E-state index contributed by atoms with van der Waals surface area (Å²) >= 11 is 0. The molecule has 0 amide bonds. The molecule has 6 heteroatoms. The maximum absolute atomic E-state index is 13.0. The first kappa shape index (κ1) is 20.8. The van der Waals surface area contributed by atoms with Gasteiger partial charge in [0, 0.05) is 6.54 Å². The molecule has 1 heterocycles.